The van der Waals surface area contributed by atoms with Crippen molar-refractivity contribution in [2.45, 2.75) is 26.4 Å². The Morgan fingerprint density at radius 2 is 1.94 bits per heavy atom. The van der Waals surface area contributed by atoms with Gasteiger partial charge in [-0.25, -0.2) is 8.78 Å². The Morgan fingerprint density at radius 3 is 2.47 bits per heavy atom. The van der Waals surface area contributed by atoms with Crippen LogP contribution in [0.25, 0.3) is 0 Å². The van der Waals surface area contributed by atoms with Crippen LogP contribution in [-0.4, -0.2) is 12.6 Å². The van der Waals surface area contributed by atoms with Gasteiger partial charge >= 0.3 is 0 Å². The normalized spacial score (nSPS) is 13.1. The fourth-order valence-corrected chi connectivity index (χ4v) is 1.68. The highest BCUT2D eigenvalue weighted by atomic mass is 35.5. The molecule has 96 valence electrons. The average molecular weight is 263 g/mol. The number of rotatable bonds is 5. The van der Waals surface area contributed by atoms with Crippen molar-refractivity contribution in [1.29, 1.82) is 0 Å². The minimum atomic E-state index is -0.612. The predicted octanol–water partition coefficient (Wildman–Crippen LogP) is 2.69. The summed E-state index contributed by atoms with van der Waals surface area (Å²) >= 11 is 5.47. The maximum Gasteiger partial charge on any atom is 0.142 e. The Kier molecular flexibility index (Phi) is 5.31. The first kappa shape index (κ1) is 14.4. The van der Waals surface area contributed by atoms with E-state index in [1.807, 2.05) is 13.8 Å². The van der Waals surface area contributed by atoms with Gasteiger partial charge in [-0.2, -0.15) is 0 Å². The van der Waals surface area contributed by atoms with E-state index in [0.717, 1.165) is 12.1 Å². The molecule has 0 saturated heterocycles. The second kappa shape index (κ2) is 6.28. The van der Waals surface area contributed by atoms with E-state index >= 15 is 0 Å². The van der Waals surface area contributed by atoms with Gasteiger partial charge in [0.15, 0.2) is 0 Å². The zero-order valence-electron chi connectivity index (χ0n) is 9.93. The SMILES string of the molecule is CC(C)C(CN)NCc1cc(F)c(Cl)cc1F. The largest absolute Gasteiger partial charge is 0.329 e. The van der Waals surface area contributed by atoms with E-state index in [4.69, 9.17) is 17.3 Å². The molecule has 1 atom stereocenters. The lowest BCUT2D eigenvalue weighted by Crippen LogP contribution is -2.39. The summed E-state index contributed by atoms with van der Waals surface area (Å²) < 4.78 is 26.6. The summed E-state index contributed by atoms with van der Waals surface area (Å²) in [6.45, 7) is 4.72. The molecule has 0 heterocycles. The standard InChI is InChI=1S/C12H17ClF2N2/c1-7(2)12(5-16)17-6-8-3-11(15)9(13)4-10(8)14/h3-4,7,12,17H,5-6,16H2,1-2H3. The first-order valence-corrected chi connectivity index (χ1v) is 5.90. The van der Waals surface area contributed by atoms with E-state index in [9.17, 15) is 8.78 Å². The van der Waals surface area contributed by atoms with Crippen molar-refractivity contribution >= 4 is 11.6 Å². The maximum atomic E-state index is 13.5. The first-order chi connectivity index (χ1) is 7.95. The third kappa shape index (κ3) is 3.91. The molecule has 17 heavy (non-hydrogen) atoms. The molecule has 1 aromatic rings. The lowest BCUT2D eigenvalue weighted by molar-refractivity contribution is 0.400. The minimum absolute atomic E-state index is 0.0770. The van der Waals surface area contributed by atoms with Gasteiger partial charge in [0.25, 0.3) is 0 Å². The van der Waals surface area contributed by atoms with Crippen LogP contribution in [0.15, 0.2) is 12.1 Å². The molecule has 1 rings (SSSR count). The summed E-state index contributed by atoms with van der Waals surface area (Å²) in [5, 5.41) is 2.89. The second-order valence-electron chi connectivity index (χ2n) is 4.32. The van der Waals surface area contributed by atoms with Crippen LogP contribution in [-0.2, 0) is 6.54 Å². The number of hydrogen-bond donors (Lipinski definition) is 2. The van der Waals surface area contributed by atoms with Crippen molar-refractivity contribution in [2.75, 3.05) is 6.54 Å². The molecule has 1 aromatic carbocycles. The van der Waals surface area contributed by atoms with Crippen molar-refractivity contribution in [3.63, 3.8) is 0 Å². The Bertz CT molecular complexity index is 383. The minimum Gasteiger partial charge on any atom is -0.329 e. The molecular formula is C12H17ClF2N2. The van der Waals surface area contributed by atoms with Gasteiger partial charge in [-0.1, -0.05) is 25.4 Å². The summed E-state index contributed by atoms with van der Waals surface area (Å²) in [5.41, 5.74) is 5.83. The van der Waals surface area contributed by atoms with Crippen LogP contribution in [0.1, 0.15) is 19.4 Å². The van der Waals surface area contributed by atoms with Crippen molar-refractivity contribution in [2.24, 2.45) is 11.7 Å². The number of hydrogen-bond acceptors (Lipinski definition) is 2. The first-order valence-electron chi connectivity index (χ1n) is 5.52. The van der Waals surface area contributed by atoms with E-state index in [2.05, 4.69) is 5.32 Å². The molecular weight excluding hydrogens is 246 g/mol. The Balaban J connectivity index is 2.72. The fourth-order valence-electron chi connectivity index (χ4n) is 1.53. The molecule has 0 fully saturated rings. The van der Waals surface area contributed by atoms with Gasteiger partial charge in [0.05, 0.1) is 5.02 Å². The molecule has 0 aliphatic rings. The van der Waals surface area contributed by atoms with E-state index in [0.29, 0.717) is 12.5 Å². The van der Waals surface area contributed by atoms with Crippen molar-refractivity contribution in [3.8, 4) is 0 Å². The van der Waals surface area contributed by atoms with Crippen molar-refractivity contribution in [3.05, 3.63) is 34.4 Å². The molecule has 0 aliphatic carbocycles. The average Bonchev–Trinajstić information content (AvgIpc) is 2.25. The smallest absolute Gasteiger partial charge is 0.142 e. The quantitative estimate of drug-likeness (QED) is 0.801. The van der Waals surface area contributed by atoms with Crippen LogP contribution in [0.5, 0.6) is 0 Å². The molecule has 1 unspecified atom stereocenters. The van der Waals surface area contributed by atoms with Crippen molar-refractivity contribution in [1.82, 2.24) is 5.32 Å². The van der Waals surface area contributed by atoms with E-state index in [-0.39, 0.29) is 23.2 Å². The number of nitrogens with two attached hydrogens (primary N) is 1. The number of halogens is 3. The van der Waals surface area contributed by atoms with Gasteiger partial charge in [-0.3, -0.25) is 0 Å². The van der Waals surface area contributed by atoms with Crippen LogP contribution >= 0.6 is 11.6 Å². The number of benzene rings is 1. The van der Waals surface area contributed by atoms with Crippen LogP contribution in [0, 0.1) is 17.6 Å². The molecule has 2 nitrogen and oxygen atoms in total. The molecule has 0 radical (unpaired) electrons. The predicted molar refractivity (Wildman–Crippen MR) is 65.9 cm³/mol. The molecule has 0 aliphatic heterocycles. The highest BCUT2D eigenvalue weighted by molar-refractivity contribution is 6.30. The highest BCUT2D eigenvalue weighted by Crippen LogP contribution is 2.19. The van der Waals surface area contributed by atoms with Gasteiger partial charge in [0, 0.05) is 24.7 Å². The molecule has 3 N–H and O–H groups in total. The Hall–Kier alpha value is -0.710. The lowest BCUT2D eigenvalue weighted by atomic mass is 10.0. The summed E-state index contributed by atoms with van der Waals surface area (Å²) in [6, 6.07) is 2.17. The summed E-state index contributed by atoms with van der Waals surface area (Å²) in [5.74, 6) is -0.789. The van der Waals surface area contributed by atoms with Gasteiger partial charge in [0.1, 0.15) is 11.6 Å². The van der Waals surface area contributed by atoms with Crippen LogP contribution in [0.2, 0.25) is 5.02 Å². The van der Waals surface area contributed by atoms with Gasteiger partial charge in [-0.15, -0.1) is 0 Å². The van der Waals surface area contributed by atoms with Crippen LogP contribution in [0.4, 0.5) is 8.78 Å². The molecule has 5 heteroatoms. The molecule has 0 spiro atoms. The monoisotopic (exact) mass is 262 g/mol. The summed E-state index contributed by atoms with van der Waals surface area (Å²) in [7, 11) is 0. The van der Waals surface area contributed by atoms with Crippen LogP contribution < -0.4 is 11.1 Å². The summed E-state index contributed by atoms with van der Waals surface area (Å²) in [4.78, 5) is 0. The number of nitrogens with one attached hydrogen (secondary N) is 1. The van der Waals surface area contributed by atoms with E-state index in [1.165, 1.54) is 0 Å². The molecule has 0 amide bonds. The molecule has 0 aromatic heterocycles. The maximum absolute atomic E-state index is 13.5. The lowest BCUT2D eigenvalue weighted by Gasteiger charge is -2.20. The Morgan fingerprint density at radius 1 is 1.29 bits per heavy atom. The van der Waals surface area contributed by atoms with Gasteiger partial charge in [-0.05, 0) is 18.1 Å². The van der Waals surface area contributed by atoms with Gasteiger partial charge < -0.3 is 11.1 Å². The zero-order valence-corrected chi connectivity index (χ0v) is 10.7. The fraction of sp³-hybridized carbons (Fsp3) is 0.500. The van der Waals surface area contributed by atoms with E-state index < -0.39 is 11.6 Å². The Labute approximate surface area is 105 Å². The second-order valence-corrected chi connectivity index (χ2v) is 4.73. The van der Waals surface area contributed by atoms with Crippen molar-refractivity contribution < 1.29 is 8.78 Å². The third-order valence-corrected chi connectivity index (χ3v) is 2.99. The summed E-state index contributed by atoms with van der Waals surface area (Å²) in [6.07, 6.45) is 0. The zero-order chi connectivity index (χ0) is 13.0. The highest BCUT2D eigenvalue weighted by Gasteiger charge is 2.13. The van der Waals surface area contributed by atoms with Gasteiger partial charge in [0.2, 0.25) is 0 Å². The van der Waals surface area contributed by atoms with E-state index in [1.54, 1.807) is 0 Å². The molecule has 0 bridgehead atoms. The topological polar surface area (TPSA) is 38.0 Å². The molecule has 0 saturated carbocycles. The van der Waals surface area contributed by atoms with Crippen LogP contribution in [0.3, 0.4) is 0 Å². The third-order valence-electron chi connectivity index (χ3n) is 2.70.